The van der Waals surface area contributed by atoms with Crippen LogP contribution in [0.3, 0.4) is 0 Å². The van der Waals surface area contributed by atoms with E-state index in [0.29, 0.717) is 13.1 Å². The van der Waals surface area contributed by atoms with Crippen LogP contribution in [0, 0.1) is 0 Å². The first kappa shape index (κ1) is 17.1. The molecule has 118 valence electrons. The van der Waals surface area contributed by atoms with Gasteiger partial charge >= 0.3 is 6.03 Å². The molecule has 0 saturated carbocycles. The van der Waals surface area contributed by atoms with E-state index in [0.717, 1.165) is 18.6 Å². The fraction of sp³-hybridized carbons (Fsp3) is 0.600. The minimum absolute atomic E-state index is 0.0193. The Morgan fingerprint density at radius 3 is 2.71 bits per heavy atom. The average Bonchev–Trinajstić information content (AvgIpc) is 2.96. The van der Waals surface area contributed by atoms with E-state index in [1.165, 1.54) is 4.90 Å². The van der Waals surface area contributed by atoms with E-state index in [4.69, 9.17) is 4.42 Å². The second-order valence-electron chi connectivity index (χ2n) is 4.94. The lowest BCUT2D eigenvalue weighted by Crippen LogP contribution is -2.47. The molecule has 3 amide bonds. The van der Waals surface area contributed by atoms with Gasteiger partial charge in [0.1, 0.15) is 12.3 Å². The van der Waals surface area contributed by atoms with Gasteiger partial charge in [-0.1, -0.05) is 0 Å². The monoisotopic (exact) mass is 295 g/mol. The van der Waals surface area contributed by atoms with Crippen molar-refractivity contribution in [3.63, 3.8) is 0 Å². The number of rotatable bonds is 8. The Kier molecular flexibility index (Phi) is 7.36. The summed E-state index contributed by atoms with van der Waals surface area (Å²) < 4.78 is 5.26. The lowest BCUT2D eigenvalue weighted by atomic mass is 10.1. The van der Waals surface area contributed by atoms with Crippen molar-refractivity contribution in [1.29, 1.82) is 0 Å². The van der Waals surface area contributed by atoms with E-state index >= 15 is 0 Å². The molecular formula is C15H25N3O3. The average molecular weight is 295 g/mol. The Hall–Kier alpha value is -1.98. The van der Waals surface area contributed by atoms with Crippen molar-refractivity contribution in [2.24, 2.45) is 0 Å². The predicted octanol–water partition coefficient (Wildman–Crippen LogP) is 1.77. The highest BCUT2D eigenvalue weighted by molar-refractivity contribution is 5.84. The van der Waals surface area contributed by atoms with Crippen LogP contribution in [0.2, 0.25) is 0 Å². The standard InChI is InChI=1S/C15H25N3O3/c1-4-16-14(19)11-18(5-2)15(20)17-12(3)8-9-13-7-6-10-21-13/h6-7,10,12H,4-5,8-9,11H2,1-3H3,(H,16,19)(H,17,20). The van der Waals surface area contributed by atoms with E-state index in [1.807, 2.05) is 32.9 Å². The molecule has 0 spiro atoms. The summed E-state index contributed by atoms with van der Waals surface area (Å²) in [5.41, 5.74) is 0. The third-order valence-corrected chi connectivity index (χ3v) is 3.15. The van der Waals surface area contributed by atoms with Gasteiger partial charge in [-0.25, -0.2) is 4.79 Å². The maximum absolute atomic E-state index is 12.1. The van der Waals surface area contributed by atoms with Crippen molar-refractivity contribution in [2.75, 3.05) is 19.6 Å². The Balaban J connectivity index is 2.36. The molecule has 1 rings (SSSR count). The molecule has 1 atom stereocenters. The van der Waals surface area contributed by atoms with Crippen LogP contribution in [-0.2, 0) is 11.2 Å². The molecule has 0 fully saturated rings. The number of amides is 3. The van der Waals surface area contributed by atoms with Crippen LogP contribution in [0.5, 0.6) is 0 Å². The van der Waals surface area contributed by atoms with Crippen molar-refractivity contribution in [2.45, 2.75) is 39.7 Å². The van der Waals surface area contributed by atoms with Crippen LogP contribution in [-0.4, -0.2) is 42.5 Å². The highest BCUT2D eigenvalue weighted by Gasteiger charge is 2.17. The molecule has 0 saturated heterocycles. The van der Waals surface area contributed by atoms with Crippen molar-refractivity contribution in [1.82, 2.24) is 15.5 Å². The van der Waals surface area contributed by atoms with Gasteiger partial charge in [-0.3, -0.25) is 4.79 Å². The maximum Gasteiger partial charge on any atom is 0.318 e. The van der Waals surface area contributed by atoms with Gasteiger partial charge < -0.3 is 20.0 Å². The molecule has 0 aliphatic heterocycles. The zero-order valence-corrected chi connectivity index (χ0v) is 13.0. The molecule has 0 aromatic carbocycles. The van der Waals surface area contributed by atoms with E-state index in [2.05, 4.69) is 10.6 Å². The molecule has 2 N–H and O–H groups in total. The molecular weight excluding hydrogens is 270 g/mol. The summed E-state index contributed by atoms with van der Waals surface area (Å²) in [5, 5.41) is 5.60. The Bertz CT molecular complexity index is 431. The third kappa shape index (κ3) is 6.33. The quantitative estimate of drug-likeness (QED) is 0.767. The number of urea groups is 1. The SMILES string of the molecule is CCNC(=O)CN(CC)C(=O)NC(C)CCc1ccco1. The Labute approximate surface area is 125 Å². The number of carbonyl (C=O) groups excluding carboxylic acids is 2. The number of hydrogen-bond acceptors (Lipinski definition) is 3. The summed E-state index contributed by atoms with van der Waals surface area (Å²) in [4.78, 5) is 25.1. The van der Waals surface area contributed by atoms with Crippen LogP contribution < -0.4 is 10.6 Å². The summed E-state index contributed by atoms with van der Waals surface area (Å²) in [6.07, 6.45) is 3.21. The van der Waals surface area contributed by atoms with Gasteiger partial charge in [0.05, 0.1) is 6.26 Å². The van der Waals surface area contributed by atoms with Gasteiger partial charge in [0.15, 0.2) is 0 Å². The van der Waals surface area contributed by atoms with Crippen LogP contribution in [0.25, 0.3) is 0 Å². The lowest BCUT2D eigenvalue weighted by Gasteiger charge is -2.23. The smallest absolute Gasteiger partial charge is 0.318 e. The normalized spacial score (nSPS) is 11.8. The number of likely N-dealkylation sites (N-methyl/N-ethyl adjacent to an activating group) is 2. The van der Waals surface area contributed by atoms with Gasteiger partial charge in [0, 0.05) is 25.6 Å². The van der Waals surface area contributed by atoms with Gasteiger partial charge in [0.25, 0.3) is 0 Å². The second-order valence-corrected chi connectivity index (χ2v) is 4.94. The number of hydrogen-bond donors (Lipinski definition) is 2. The van der Waals surface area contributed by atoms with Gasteiger partial charge in [-0.2, -0.15) is 0 Å². The van der Waals surface area contributed by atoms with Crippen molar-refractivity contribution >= 4 is 11.9 Å². The minimum atomic E-state index is -0.212. The van der Waals surface area contributed by atoms with E-state index in [1.54, 1.807) is 6.26 Å². The summed E-state index contributed by atoms with van der Waals surface area (Å²) >= 11 is 0. The van der Waals surface area contributed by atoms with E-state index in [9.17, 15) is 9.59 Å². The molecule has 0 bridgehead atoms. The molecule has 6 heteroatoms. The fourth-order valence-electron chi connectivity index (χ4n) is 1.94. The Morgan fingerprint density at radius 1 is 1.38 bits per heavy atom. The van der Waals surface area contributed by atoms with E-state index < -0.39 is 0 Å². The van der Waals surface area contributed by atoms with Crippen LogP contribution in [0.4, 0.5) is 4.79 Å². The minimum Gasteiger partial charge on any atom is -0.469 e. The summed E-state index contributed by atoms with van der Waals surface area (Å²) in [6, 6.07) is 3.58. The molecule has 0 aliphatic carbocycles. The molecule has 1 aromatic heterocycles. The number of aryl methyl sites for hydroxylation is 1. The number of nitrogens with one attached hydrogen (secondary N) is 2. The first-order valence-electron chi connectivity index (χ1n) is 7.41. The van der Waals surface area contributed by atoms with Crippen molar-refractivity contribution in [3.05, 3.63) is 24.2 Å². The zero-order valence-electron chi connectivity index (χ0n) is 13.0. The maximum atomic E-state index is 12.1. The molecule has 1 heterocycles. The number of carbonyl (C=O) groups is 2. The van der Waals surface area contributed by atoms with E-state index in [-0.39, 0.29) is 24.5 Å². The van der Waals surface area contributed by atoms with Gasteiger partial charge in [-0.05, 0) is 39.3 Å². The summed E-state index contributed by atoms with van der Waals surface area (Å²) in [5.74, 6) is 0.767. The summed E-state index contributed by atoms with van der Waals surface area (Å²) in [7, 11) is 0. The molecule has 6 nitrogen and oxygen atoms in total. The molecule has 1 unspecified atom stereocenters. The Morgan fingerprint density at radius 2 is 2.14 bits per heavy atom. The number of nitrogens with zero attached hydrogens (tertiary/aromatic N) is 1. The number of furan rings is 1. The molecule has 0 radical (unpaired) electrons. The topological polar surface area (TPSA) is 74.6 Å². The lowest BCUT2D eigenvalue weighted by molar-refractivity contribution is -0.121. The van der Waals surface area contributed by atoms with Crippen LogP contribution in [0.1, 0.15) is 33.0 Å². The first-order chi connectivity index (χ1) is 10.1. The summed E-state index contributed by atoms with van der Waals surface area (Å²) in [6.45, 7) is 6.80. The molecule has 21 heavy (non-hydrogen) atoms. The molecule has 1 aromatic rings. The second kappa shape index (κ2) is 9.05. The highest BCUT2D eigenvalue weighted by atomic mass is 16.3. The highest BCUT2D eigenvalue weighted by Crippen LogP contribution is 2.06. The predicted molar refractivity (Wildman–Crippen MR) is 81.0 cm³/mol. The zero-order chi connectivity index (χ0) is 15.7. The van der Waals surface area contributed by atoms with Gasteiger partial charge in [0.2, 0.25) is 5.91 Å². The largest absolute Gasteiger partial charge is 0.469 e. The van der Waals surface area contributed by atoms with Gasteiger partial charge in [-0.15, -0.1) is 0 Å². The first-order valence-corrected chi connectivity index (χ1v) is 7.41. The van der Waals surface area contributed by atoms with Crippen LogP contribution >= 0.6 is 0 Å². The fourth-order valence-corrected chi connectivity index (χ4v) is 1.94. The molecule has 0 aliphatic rings. The van der Waals surface area contributed by atoms with Crippen molar-refractivity contribution < 1.29 is 14.0 Å². The third-order valence-electron chi connectivity index (χ3n) is 3.15. The van der Waals surface area contributed by atoms with Crippen molar-refractivity contribution in [3.8, 4) is 0 Å². The van der Waals surface area contributed by atoms with Crippen LogP contribution in [0.15, 0.2) is 22.8 Å².